The molecular formula is C13H21NO. The fourth-order valence-corrected chi connectivity index (χ4v) is 1.59. The van der Waals surface area contributed by atoms with Crippen molar-refractivity contribution in [1.29, 1.82) is 0 Å². The summed E-state index contributed by atoms with van der Waals surface area (Å²) >= 11 is 0. The van der Waals surface area contributed by atoms with Gasteiger partial charge in [-0.15, -0.1) is 0 Å². The van der Waals surface area contributed by atoms with E-state index < -0.39 is 0 Å². The number of benzene rings is 1. The molecular weight excluding hydrogens is 186 g/mol. The molecule has 15 heavy (non-hydrogen) atoms. The third-order valence-corrected chi connectivity index (χ3v) is 2.47. The smallest absolute Gasteiger partial charge is 0.0797 e. The van der Waals surface area contributed by atoms with Gasteiger partial charge in [-0.25, -0.2) is 0 Å². The second-order valence-corrected chi connectivity index (χ2v) is 3.79. The lowest BCUT2D eigenvalue weighted by molar-refractivity contribution is 0.0718. The van der Waals surface area contributed by atoms with Crippen molar-refractivity contribution in [2.75, 3.05) is 13.2 Å². The quantitative estimate of drug-likeness (QED) is 0.778. The summed E-state index contributed by atoms with van der Waals surface area (Å²) in [5.41, 5.74) is 8.01. The first kappa shape index (κ1) is 12.2. The van der Waals surface area contributed by atoms with Gasteiger partial charge in [0.25, 0.3) is 0 Å². The Morgan fingerprint density at radius 1 is 1.27 bits per heavy atom. The molecule has 0 amide bonds. The summed E-state index contributed by atoms with van der Waals surface area (Å²) in [6.07, 6.45) is 2.49. The fourth-order valence-electron chi connectivity index (χ4n) is 1.59. The highest BCUT2D eigenvalue weighted by Gasteiger charge is 2.04. The molecule has 1 aromatic carbocycles. The minimum Gasteiger partial charge on any atom is -0.373 e. The Balaban J connectivity index is 2.54. The Morgan fingerprint density at radius 2 is 1.93 bits per heavy atom. The van der Waals surface area contributed by atoms with E-state index in [4.69, 9.17) is 10.5 Å². The van der Waals surface area contributed by atoms with Crippen LogP contribution in [0.4, 0.5) is 0 Å². The Labute approximate surface area is 92.4 Å². The van der Waals surface area contributed by atoms with Gasteiger partial charge in [0.1, 0.15) is 0 Å². The van der Waals surface area contributed by atoms with E-state index in [1.165, 1.54) is 17.5 Å². The molecule has 1 rings (SSSR count). The molecule has 0 heterocycles. The highest BCUT2D eigenvalue weighted by molar-refractivity contribution is 5.24. The standard InChI is InChI=1S/C13H21NO/c1-3-4-12-5-7-13(8-6-12)11(2)15-10-9-14/h5-8,11H,3-4,9-10,14H2,1-2H3/t11-/m1/s1. The summed E-state index contributed by atoms with van der Waals surface area (Å²) < 4.78 is 5.55. The molecule has 0 unspecified atom stereocenters. The maximum atomic E-state index is 5.55. The Morgan fingerprint density at radius 3 is 2.47 bits per heavy atom. The van der Waals surface area contributed by atoms with Crippen molar-refractivity contribution in [3.63, 3.8) is 0 Å². The van der Waals surface area contributed by atoms with Crippen LogP contribution in [0.15, 0.2) is 24.3 Å². The summed E-state index contributed by atoms with van der Waals surface area (Å²) in [5.74, 6) is 0. The predicted octanol–water partition coefficient (Wildman–Crippen LogP) is 2.68. The first-order valence-electron chi connectivity index (χ1n) is 5.68. The van der Waals surface area contributed by atoms with Crippen LogP contribution >= 0.6 is 0 Å². The van der Waals surface area contributed by atoms with Crippen LogP contribution in [0.5, 0.6) is 0 Å². The summed E-state index contributed by atoms with van der Waals surface area (Å²) in [7, 11) is 0. The lowest BCUT2D eigenvalue weighted by Crippen LogP contribution is -2.10. The van der Waals surface area contributed by atoms with Gasteiger partial charge in [0.15, 0.2) is 0 Å². The van der Waals surface area contributed by atoms with Crippen LogP contribution in [0.25, 0.3) is 0 Å². The highest BCUT2D eigenvalue weighted by Crippen LogP contribution is 2.17. The van der Waals surface area contributed by atoms with E-state index in [1.54, 1.807) is 0 Å². The van der Waals surface area contributed by atoms with Crippen molar-refractivity contribution in [2.45, 2.75) is 32.8 Å². The molecule has 0 aliphatic rings. The molecule has 2 heteroatoms. The molecule has 0 bridgehead atoms. The van der Waals surface area contributed by atoms with Crippen LogP contribution in [0.1, 0.15) is 37.5 Å². The molecule has 1 atom stereocenters. The molecule has 1 aromatic rings. The predicted molar refractivity (Wildman–Crippen MR) is 63.9 cm³/mol. The molecule has 0 fully saturated rings. The van der Waals surface area contributed by atoms with Crippen LogP contribution < -0.4 is 5.73 Å². The van der Waals surface area contributed by atoms with E-state index in [1.807, 2.05) is 0 Å². The summed E-state index contributed by atoms with van der Waals surface area (Å²) in [6.45, 7) is 5.46. The van der Waals surface area contributed by atoms with Gasteiger partial charge in [0.2, 0.25) is 0 Å². The van der Waals surface area contributed by atoms with E-state index in [-0.39, 0.29) is 6.10 Å². The Kier molecular flexibility index (Phi) is 5.37. The van der Waals surface area contributed by atoms with Crippen molar-refractivity contribution in [3.05, 3.63) is 35.4 Å². The molecule has 2 N–H and O–H groups in total. The maximum absolute atomic E-state index is 5.55. The number of hydrogen-bond acceptors (Lipinski definition) is 2. The largest absolute Gasteiger partial charge is 0.373 e. The van der Waals surface area contributed by atoms with E-state index in [2.05, 4.69) is 38.1 Å². The second-order valence-electron chi connectivity index (χ2n) is 3.79. The molecule has 0 spiro atoms. The molecule has 0 aliphatic heterocycles. The van der Waals surface area contributed by atoms with Gasteiger partial charge in [-0.3, -0.25) is 0 Å². The Hall–Kier alpha value is -0.860. The molecule has 0 radical (unpaired) electrons. The number of aryl methyl sites for hydroxylation is 1. The lowest BCUT2D eigenvalue weighted by Gasteiger charge is -2.13. The van der Waals surface area contributed by atoms with Gasteiger partial charge >= 0.3 is 0 Å². The van der Waals surface area contributed by atoms with Crippen molar-refractivity contribution < 1.29 is 4.74 Å². The number of rotatable bonds is 6. The van der Waals surface area contributed by atoms with Crippen LogP contribution in [0, 0.1) is 0 Å². The van der Waals surface area contributed by atoms with Gasteiger partial charge in [0, 0.05) is 6.54 Å². The van der Waals surface area contributed by atoms with E-state index in [0.29, 0.717) is 13.2 Å². The van der Waals surface area contributed by atoms with E-state index >= 15 is 0 Å². The molecule has 0 aromatic heterocycles. The van der Waals surface area contributed by atoms with Crippen molar-refractivity contribution >= 4 is 0 Å². The SMILES string of the molecule is CCCc1ccc([C@@H](C)OCCN)cc1. The third-order valence-electron chi connectivity index (χ3n) is 2.47. The van der Waals surface area contributed by atoms with Crippen molar-refractivity contribution in [3.8, 4) is 0 Å². The minimum atomic E-state index is 0.143. The minimum absolute atomic E-state index is 0.143. The maximum Gasteiger partial charge on any atom is 0.0797 e. The van der Waals surface area contributed by atoms with Gasteiger partial charge in [-0.05, 0) is 24.5 Å². The topological polar surface area (TPSA) is 35.2 Å². The van der Waals surface area contributed by atoms with Crippen LogP contribution in [-0.2, 0) is 11.2 Å². The number of nitrogens with two attached hydrogens (primary N) is 1. The molecule has 84 valence electrons. The highest BCUT2D eigenvalue weighted by atomic mass is 16.5. The summed E-state index contributed by atoms with van der Waals surface area (Å²) in [6, 6.07) is 8.65. The number of ether oxygens (including phenoxy) is 1. The number of hydrogen-bond donors (Lipinski definition) is 1. The van der Waals surface area contributed by atoms with Crippen molar-refractivity contribution in [2.24, 2.45) is 5.73 Å². The molecule has 0 saturated heterocycles. The first-order chi connectivity index (χ1) is 7.27. The van der Waals surface area contributed by atoms with Crippen LogP contribution in [0.2, 0.25) is 0 Å². The molecule has 0 aliphatic carbocycles. The van der Waals surface area contributed by atoms with Gasteiger partial charge < -0.3 is 10.5 Å². The average Bonchev–Trinajstić information content (AvgIpc) is 2.27. The van der Waals surface area contributed by atoms with Gasteiger partial charge in [0.05, 0.1) is 12.7 Å². The zero-order chi connectivity index (χ0) is 11.1. The third kappa shape index (κ3) is 4.02. The van der Waals surface area contributed by atoms with Gasteiger partial charge in [-0.2, -0.15) is 0 Å². The second kappa shape index (κ2) is 6.59. The van der Waals surface area contributed by atoms with Gasteiger partial charge in [-0.1, -0.05) is 37.6 Å². The van der Waals surface area contributed by atoms with Crippen LogP contribution in [0.3, 0.4) is 0 Å². The normalized spacial score (nSPS) is 12.7. The average molecular weight is 207 g/mol. The van der Waals surface area contributed by atoms with E-state index in [0.717, 1.165) is 6.42 Å². The monoisotopic (exact) mass is 207 g/mol. The first-order valence-corrected chi connectivity index (χ1v) is 5.68. The summed E-state index contributed by atoms with van der Waals surface area (Å²) in [5, 5.41) is 0. The zero-order valence-electron chi connectivity index (χ0n) is 9.70. The molecule has 0 saturated carbocycles. The van der Waals surface area contributed by atoms with E-state index in [9.17, 15) is 0 Å². The fraction of sp³-hybridized carbons (Fsp3) is 0.538. The Bertz CT molecular complexity index is 268. The lowest BCUT2D eigenvalue weighted by atomic mass is 10.1. The molecule has 2 nitrogen and oxygen atoms in total. The van der Waals surface area contributed by atoms with Crippen LogP contribution in [-0.4, -0.2) is 13.2 Å². The van der Waals surface area contributed by atoms with Crippen molar-refractivity contribution in [1.82, 2.24) is 0 Å². The zero-order valence-corrected chi connectivity index (χ0v) is 9.70. The summed E-state index contributed by atoms with van der Waals surface area (Å²) in [4.78, 5) is 0.